The first kappa shape index (κ1) is 13.8. The number of rotatable bonds is 6. The number of pyridine rings is 1. The molecule has 17 heavy (non-hydrogen) atoms. The molecule has 1 aromatic heterocycles. The molecule has 0 spiro atoms. The maximum absolute atomic E-state index is 9.87. The Morgan fingerprint density at radius 2 is 2.06 bits per heavy atom. The summed E-state index contributed by atoms with van der Waals surface area (Å²) >= 11 is 0. The largest absolute Gasteiger partial charge is 0.389 e. The molecular formula is C13H23N3O. The number of nitrogens with one attached hydrogen (secondary N) is 1. The minimum atomic E-state index is -0.716. The van der Waals surface area contributed by atoms with E-state index in [9.17, 15) is 5.11 Å². The van der Waals surface area contributed by atoms with Crippen molar-refractivity contribution >= 4 is 11.6 Å². The molecule has 4 nitrogen and oxygen atoms in total. The fourth-order valence-electron chi connectivity index (χ4n) is 1.70. The van der Waals surface area contributed by atoms with E-state index in [1.54, 1.807) is 0 Å². The van der Waals surface area contributed by atoms with Crippen molar-refractivity contribution in [1.82, 2.24) is 4.98 Å². The highest BCUT2D eigenvalue weighted by molar-refractivity contribution is 5.47. The van der Waals surface area contributed by atoms with E-state index in [0.717, 1.165) is 24.7 Å². The van der Waals surface area contributed by atoms with Crippen LogP contribution in [0.4, 0.5) is 11.6 Å². The standard InChI is InChI=1S/C13H23N3O/c1-5-14-11-8-7-9-12(15-11)16(6-2)10-13(3,4)17/h7-9,17H,5-6,10H2,1-4H3,(H,14,15). The van der Waals surface area contributed by atoms with Gasteiger partial charge in [0, 0.05) is 19.6 Å². The number of aromatic nitrogens is 1. The van der Waals surface area contributed by atoms with Crippen molar-refractivity contribution in [2.75, 3.05) is 29.9 Å². The maximum atomic E-state index is 9.87. The highest BCUT2D eigenvalue weighted by atomic mass is 16.3. The van der Waals surface area contributed by atoms with Crippen LogP contribution in [0.3, 0.4) is 0 Å². The van der Waals surface area contributed by atoms with Gasteiger partial charge >= 0.3 is 0 Å². The minimum Gasteiger partial charge on any atom is -0.389 e. The summed E-state index contributed by atoms with van der Waals surface area (Å²) in [6, 6.07) is 5.90. The highest BCUT2D eigenvalue weighted by Crippen LogP contribution is 2.16. The summed E-state index contributed by atoms with van der Waals surface area (Å²) in [6.45, 7) is 9.98. The third-order valence-corrected chi connectivity index (χ3v) is 2.38. The average Bonchev–Trinajstić information content (AvgIpc) is 2.25. The highest BCUT2D eigenvalue weighted by Gasteiger charge is 2.18. The minimum absolute atomic E-state index is 0.575. The van der Waals surface area contributed by atoms with Crippen LogP contribution in [0.25, 0.3) is 0 Å². The number of likely N-dealkylation sites (N-methyl/N-ethyl adjacent to an activating group) is 1. The van der Waals surface area contributed by atoms with E-state index in [4.69, 9.17) is 0 Å². The van der Waals surface area contributed by atoms with Gasteiger partial charge in [0.1, 0.15) is 11.6 Å². The Morgan fingerprint density at radius 3 is 2.59 bits per heavy atom. The van der Waals surface area contributed by atoms with Crippen LogP contribution in [0.5, 0.6) is 0 Å². The second kappa shape index (κ2) is 5.87. The molecule has 1 heterocycles. The molecule has 0 aromatic carbocycles. The summed E-state index contributed by atoms with van der Waals surface area (Å²) in [4.78, 5) is 6.59. The van der Waals surface area contributed by atoms with Crippen molar-refractivity contribution in [2.45, 2.75) is 33.3 Å². The average molecular weight is 237 g/mol. The molecule has 1 aromatic rings. The zero-order valence-corrected chi connectivity index (χ0v) is 11.2. The second-order valence-electron chi connectivity index (χ2n) is 4.74. The molecule has 4 heteroatoms. The van der Waals surface area contributed by atoms with Gasteiger partial charge in [-0.2, -0.15) is 0 Å². The Balaban J connectivity index is 2.84. The van der Waals surface area contributed by atoms with Gasteiger partial charge in [-0.05, 0) is 39.8 Å². The molecular weight excluding hydrogens is 214 g/mol. The predicted octanol–water partition coefficient (Wildman–Crippen LogP) is 2.11. The lowest BCUT2D eigenvalue weighted by molar-refractivity contribution is 0.0874. The van der Waals surface area contributed by atoms with E-state index >= 15 is 0 Å². The molecule has 0 amide bonds. The third-order valence-electron chi connectivity index (χ3n) is 2.38. The SMILES string of the molecule is CCNc1cccc(N(CC)CC(C)(C)O)n1. The lowest BCUT2D eigenvalue weighted by Gasteiger charge is -2.29. The Hall–Kier alpha value is -1.29. The molecule has 0 aliphatic carbocycles. The molecule has 0 aliphatic heterocycles. The molecule has 0 atom stereocenters. The van der Waals surface area contributed by atoms with Crippen molar-refractivity contribution in [3.8, 4) is 0 Å². The molecule has 0 radical (unpaired) electrons. The normalized spacial score (nSPS) is 11.4. The van der Waals surface area contributed by atoms with E-state index in [1.165, 1.54) is 0 Å². The Morgan fingerprint density at radius 1 is 1.35 bits per heavy atom. The van der Waals surface area contributed by atoms with Crippen molar-refractivity contribution in [1.29, 1.82) is 0 Å². The van der Waals surface area contributed by atoms with Crippen molar-refractivity contribution in [3.05, 3.63) is 18.2 Å². The van der Waals surface area contributed by atoms with Gasteiger partial charge in [-0.1, -0.05) is 6.07 Å². The molecule has 96 valence electrons. The van der Waals surface area contributed by atoms with Crippen LogP contribution < -0.4 is 10.2 Å². The van der Waals surface area contributed by atoms with Crippen LogP contribution in [0, 0.1) is 0 Å². The number of hydrogen-bond donors (Lipinski definition) is 2. The smallest absolute Gasteiger partial charge is 0.131 e. The summed E-state index contributed by atoms with van der Waals surface area (Å²) in [5.41, 5.74) is -0.716. The van der Waals surface area contributed by atoms with Crippen molar-refractivity contribution in [3.63, 3.8) is 0 Å². The second-order valence-corrected chi connectivity index (χ2v) is 4.74. The predicted molar refractivity (Wildman–Crippen MR) is 72.6 cm³/mol. The number of hydrogen-bond acceptors (Lipinski definition) is 4. The summed E-state index contributed by atoms with van der Waals surface area (Å²) in [6.07, 6.45) is 0. The monoisotopic (exact) mass is 237 g/mol. The summed E-state index contributed by atoms with van der Waals surface area (Å²) in [5.74, 6) is 1.77. The summed E-state index contributed by atoms with van der Waals surface area (Å²) in [7, 11) is 0. The first-order valence-electron chi connectivity index (χ1n) is 6.14. The van der Waals surface area contributed by atoms with Gasteiger partial charge in [0.25, 0.3) is 0 Å². The van der Waals surface area contributed by atoms with Crippen molar-refractivity contribution in [2.24, 2.45) is 0 Å². The van der Waals surface area contributed by atoms with Crippen LogP contribution in [0.15, 0.2) is 18.2 Å². The quantitative estimate of drug-likeness (QED) is 0.795. The van der Waals surface area contributed by atoms with E-state index < -0.39 is 5.60 Å². The molecule has 0 saturated carbocycles. The van der Waals surface area contributed by atoms with Crippen molar-refractivity contribution < 1.29 is 5.11 Å². The fourth-order valence-corrected chi connectivity index (χ4v) is 1.70. The molecule has 2 N–H and O–H groups in total. The molecule has 0 unspecified atom stereocenters. The van der Waals surface area contributed by atoms with Gasteiger partial charge in [0.15, 0.2) is 0 Å². The first-order valence-corrected chi connectivity index (χ1v) is 6.14. The van der Waals surface area contributed by atoms with Crippen LogP contribution >= 0.6 is 0 Å². The van der Waals surface area contributed by atoms with E-state index in [2.05, 4.69) is 22.1 Å². The zero-order valence-electron chi connectivity index (χ0n) is 11.2. The number of anilines is 2. The maximum Gasteiger partial charge on any atom is 0.131 e. The van der Waals surface area contributed by atoms with Crippen LogP contribution in [0.2, 0.25) is 0 Å². The summed E-state index contributed by atoms with van der Waals surface area (Å²) in [5, 5.41) is 13.1. The topological polar surface area (TPSA) is 48.4 Å². The Labute approximate surface area is 104 Å². The third kappa shape index (κ3) is 4.61. The number of nitrogens with zero attached hydrogens (tertiary/aromatic N) is 2. The van der Waals surface area contributed by atoms with E-state index in [1.807, 2.05) is 39.0 Å². The van der Waals surface area contributed by atoms with Crippen LogP contribution in [0.1, 0.15) is 27.7 Å². The lowest BCUT2D eigenvalue weighted by Crippen LogP contribution is -2.39. The van der Waals surface area contributed by atoms with E-state index in [0.29, 0.717) is 6.54 Å². The lowest BCUT2D eigenvalue weighted by atomic mass is 10.1. The van der Waals surface area contributed by atoms with Gasteiger partial charge in [0.05, 0.1) is 5.60 Å². The van der Waals surface area contributed by atoms with Gasteiger partial charge in [-0.15, -0.1) is 0 Å². The van der Waals surface area contributed by atoms with E-state index in [-0.39, 0.29) is 0 Å². The number of aliphatic hydroxyl groups is 1. The molecule has 0 saturated heterocycles. The van der Waals surface area contributed by atoms with Gasteiger partial charge in [0.2, 0.25) is 0 Å². The fraction of sp³-hybridized carbons (Fsp3) is 0.615. The molecule has 1 rings (SSSR count). The molecule has 0 fully saturated rings. The van der Waals surface area contributed by atoms with Gasteiger partial charge in [-0.3, -0.25) is 0 Å². The molecule has 0 bridgehead atoms. The van der Waals surface area contributed by atoms with Crippen LogP contribution in [-0.2, 0) is 0 Å². The van der Waals surface area contributed by atoms with Crippen LogP contribution in [-0.4, -0.2) is 35.3 Å². The Kier molecular flexibility index (Phi) is 4.75. The Bertz CT molecular complexity index is 347. The van der Waals surface area contributed by atoms with Gasteiger partial charge < -0.3 is 15.3 Å². The first-order chi connectivity index (χ1) is 7.96. The molecule has 0 aliphatic rings. The summed E-state index contributed by atoms with van der Waals surface area (Å²) < 4.78 is 0. The zero-order chi connectivity index (χ0) is 12.9. The van der Waals surface area contributed by atoms with Gasteiger partial charge in [-0.25, -0.2) is 4.98 Å².